The number of halogens is 2. The Balaban J connectivity index is 1.89. The fourth-order valence-electron chi connectivity index (χ4n) is 1.29. The van der Waals surface area contributed by atoms with Crippen molar-refractivity contribution in [1.82, 2.24) is 10.6 Å². The summed E-state index contributed by atoms with van der Waals surface area (Å²) in [4.78, 5) is 11.5. The topological polar surface area (TPSA) is 79.2 Å². The van der Waals surface area contributed by atoms with E-state index in [2.05, 4.69) is 21.3 Å². The summed E-state index contributed by atoms with van der Waals surface area (Å²) < 4.78 is 4.81. The van der Waals surface area contributed by atoms with Gasteiger partial charge < -0.3 is 4.52 Å². The number of urea groups is 1. The second-order valence-electron chi connectivity index (χ2n) is 3.65. The van der Waals surface area contributed by atoms with E-state index in [4.69, 9.17) is 27.7 Å². The summed E-state index contributed by atoms with van der Waals surface area (Å²) in [7, 11) is 0. The Morgan fingerprint density at radius 1 is 1.32 bits per heavy atom. The fraction of sp³-hybridized carbons (Fsp3) is 0.0909. The Morgan fingerprint density at radius 2 is 2.11 bits per heavy atom. The van der Waals surface area contributed by atoms with Crippen LogP contribution < -0.4 is 16.2 Å². The number of aryl methyl sites for hydroxylation is 1. The highest BCUT2D eigenvalue weighted by molar-refractivity contribution is 6.36. The Kier molecular flexibility index (Phi) is 4.13. The number of amides is 2. The average molecular weight is 301 g/mol. The van der Waals surface area contributed by atoms with E-state index in [1.54, 1.807) is 31.2 Å². The lowest BCUT2D eigenvalue weighted by Crippen LogP contribution is -2.33. The van der Waals surface area contributed by atoms with Gasteiger partial charge in [-0.3, -0.25) is 16.2 Å². The van der Waals surface area contributed by atoms with E-state index in [9.17, 15) is 4.79 Å². The predicted octanol–water partition coefficient (Wildman–Crippen LogP) is 3.44. The number of hydrazine groups is 1. The Hall–Kier alpha value is -1.92. The SMILES string of the molecule is Cc1cc(NC(=O)NNc2ccc(Cl)cc2Cl)no1. The summed E-state index contributed by atoms with van der Waals surface area (Å²) in [5, 5.41) is 7.00. The molecule has 0 aliphatic carbocycles. The van der Waals surface area contributed by atoms with Gasteiger partial charge >= 0.3 is 6.03 Å². The fourth-order valence-corrected chi connectivity index (χ4v) is 1.74. The van der Waals surface area contributed by atoms with Gasteiger partial charge in [0.05, 0.1) is 10.7 Å². The molecule has 6 nitrogen and oxygen atoms in total. The van der Waals surface area contributed by atoms with Crippen LogP contribution in [-0.4, -0.2) is 11.2 Å². The average Bonchev–Trinajstić information content (AvgIpc) is 2.73. The van der Waals surface area contributed by atoms with E-state index in [0.717, 1.165) is 0 Å². The van der Waals surface area contributed by atoms with Crippen molar-refractivity contribution >= 4 is 40.7 Å². The minimum absolute atomic E-state index is 0.319. The minimum atomic E-state index is -0.501. The van der Waals surface area contributed by atoms with Crippen molar-refractivity contribution in [2.45, 2.75) is 6.92 Å². The molecule has 19 heavy (non-hydrogen) atoms. The van der Waals surface area contributed by atoms with Crippen LogP contribution in [0.3, 0.4) is 0 Å². The number of rotatable bonds is 3. The normalized spacial score (nSPS) is 10.1. The highest BCUT2D eigenvalue weighted by Gasteiger charge is 2.06. The summed E-state index contributed by atoms with van der Waals surface area (Å²) in [6.45, 7) is 1.72. The minimum Gasteiger partial charge on any atom is -0.360 e. The number of carbonyl (C=O) groups is 1. The van der Waals surface area contributed by atoms with Gasteiger partial charge in [0.15, 0.2) is 5.82 Å². The molecule has 1 aromatic carbocycles. The monoisotopic (exact) mass is 300 g/mol. The zero-order chi connectivity index (χ0) is 13.8. The molecule has 0 bridgehead atoms. The van der Waals surface area contributed by atoms with Crippen LogP contribution in [0.2, 0.25) is 10.0 Å². The molecule has 2 aromatic rings. The summed E-state index contributed by atoms with van der Waals surface area (Å²) in [5.41, 5.74) is 5.59. The summed E-state index contributed by atoms with van der Waals surface area (Å²) in [5.74, 6) is 0.919. The van der Waals surface area contributed by atoms with E-state index >= 15 is 0 Å². The third kappa shape index (κ3) is 3.77. The summed E-state index contributed by atoms with van der Waals surface area (Å²) in [6, 6.07) is 5.95. The van der Waals surface area contributed by atoms with Gasteiger partial charge in [-0.05, 0) is 25.1 Å². The Bertz CT molecular complexity index is 600. The van der Waals surface area contributed by atoms with Gasteiger partial charge in [0, 0.05) is 11.1 Å². The number of benzene rings is 1. The molecule has 1 aromatic heterocycles. The second-order valence-corrected chi connectivity index (χ2v) is 4.49. The molecule has 3 N–H and O–H groups in total. The summed E-state index contributed by atoms with van der Waals surface area (Å²) in [6.07, 6.45) is 0. The van der Waals surface area contributed by atoms with Crippen LogP contribution in [0, 0.1) is 6.92 Å². The molecule has 0 aliphatic rings. The first-order valence-electron chi connectivity index (χ1n) is 5.26. The zero-order valence-corrected chi connectivity index (χ0v) is 11.3. The highest BCUT2D eigenvalue weighted by Crippen LogP contribution is 2.24. The standard InChI is InChI=1S/C11H10Cl2N4O2/c1-6-4-10(17-19-6)14-11(18)16-15-9-3-2-7(12)5-8(9)13/h2-5,15H,1H3,(H2,14,16,17,18). The molecule has 0 radical (unpaired) electrons. The summed E-state index contributed by atoms with van der Waals surface area (Å²) >= 11 is 11.7. The third-order valence-electron chi connectivity index (χ3n) is 2.11. The van der Waals surface area contributed by atoms with Crippen LogP contribution in [0.15, 0.2) is 28.8 Å². The van der Waals surface area contributed by atoms with Crippen LogP contribution in [0.1, 0.15) is 5.76 Å². The van der Waals surface area contributed by atoms with Crippen molar-refractivity contribution in [1.29, 1.82) is 0 Å². The van der Waals surface area contributed by atoms with Crippen LogP contribution >= 0.6 is 23.2 Å². The largest absolute Gasteiger partial charge is 0.360 e. The first-order chi connectivity index (χ1) is 9.04. The maximum atomic E-state index is 11.5. The molecule has 100 valence electrons. The molecule has 0 atom stereocenters. The van der Waals surface area contributed by atoms with E-state index in [0.29, 0.717) is 27.3 Å². The number of nitrogens with zero attached hydrogens (tertiary/aromatic N) is 1. The Morgan fingerprint density at radius 3 is 2.74 bits per heavy atom. The van der Waals surface area contributed by atoms with Gasteiger partial charge in [0.1, 0.15) is 5.76 Å². The van der Waals surface area contributed by atoms with Crippen molar-refractivity contribution in [2.24, 2.45) is 0 Å². The molecule has 0 saturated heterocycles. The third-order valence-corrected chi connectivity index (χ3v) is 2.66. The molecular formula is C11H10Cl2N4O2. The van der Waals surface area contributed by atoms with Crippen LogP contribution in [0.4, 0.5) is 16.3 Å². The molecule has 2 rings (SSSR count). The quantitative estimate of drug-likeness (QED) is 0.759. The molecular weight excluding hydrogens is 291 g/mol. The van der Waals surface area contributed by atoms with Crippen LogP contribution in [0.5, 0.6) is 0 Å². The molecule has 0 fully saturated rings. The molecule has 1 heterocycles. The number of aromatic nitrogens is 1. The van der Waals surface area contributed by atoms with Gasteiger partial charge in [-0.15, -0.1) is 0 Å². The van der Waals surface area contributed by atoms with Gasteiger partial charge in [0.2, 0.25) is 0 Å². The Labute approximate surface area is 119 Å². The zero-order valence-electron chi connectivity index (χ0n) is 9.83. The van der Waals surface area contributed by atoms with Gasteiger partial charge in [-0.1, -0.05) is 28.4 Å². The molecule has 0 unspecified atom stereocenters. The first kappa shape index (κ1) is 13.5. The number of carbonyl (C=O) groups excluding carboxylic acids is 1. The van der Waals surface area contributed by atoms with Crippen molar-refractivity contribution in [3.8, 4) is 0 Å². The molecule has 0 aliphatic heterocycles. The van der Waals surface area contributed by atoms with Crippen molar-refractivity contribution in [2.75, 3.05) is 10.7 Å². The lowest BCUT2D eigenvalue weighted by atomic mass is 10.3. The van der Waals surface area contributed by atoms with E-state index in [1.807, 2.05) is 0 Å². The van der Waals surface area contributed by atoms with E-state index in [1.165, 1.54) is 0 Å². The maximum absolute atomic E-state index is 11.5. The van der Waals surface area contributed by atoms with Crippen molar-refractivity contribution in [3.63, 3.8) is 0 Å². The van der Waals surface area contributed by atoms with Crippen LogP contribution in [-0.2, 0) is 0 Å². The van der Waals surface area contributed by atoms with Gasteiger partial charge in [0.25, 0.3) is 0 Å². The molecule has 8 heteroatoms. The smallest absolute Gasteiger partial charge is 0.339 e. The highest BCUT2D eigenvalue weighted by atomic mass is 35.5. The number of anilines is 2. The molecule has 0 saturated carbocycles. The van der Waals surface area contributed by atoms with Crippen LogP contribution in [0.25, 0.3) is 0 Å². The number of hydrogen-bond donors (Lipinski definition) is 3. The first-order valence-corrected chi connectivity index (χ1v) is 6.01. The lowest BCUT2D eigenvalue weighted by Gasteiger charge is -2.09. The van der Waals surface area contributed by atoms with E-state index < -0.39 is 6.03 Å². The predicted molar refractivity (Wildman–Crippen MR) is 73.5 cm³/mol. The van der Waals surface area contributed by atoms with Crippen molar-refractivity contribution in [3.05, 3.63) is 40.1 Å². The second kappa shape index (κ2) is 5.81. The van der Waals surface area contributed by atoms with Gasteiger partial charge in [-0.2, -0.15) is 0 Å². The van der Waals surface area contributed by atoms with Gasteiger partial charge in [-0.25, -0.2) is 4.79 Å². The number of nitrogens with one attached hydrogen (secondary N) is 3. The van der Waals surface area contributed by atoms with Crippen molar-refractivity contribution < 1.29 is 9.32 Å². The molecule has 2 amide bonds. The number of hydrogen-bond acceptors (Lipinski definition) is 4. The maximum Gasteiger partial charge on any atom is 0.339 e. The lowest BCUT2D eigenvalue weighted by molar-refractivity contribution is 0.253. The molecule has 0 spiro atoms. The van der Waals surface area contributed by atoms with E-state index in [-0.39, 0.29) is 0 Å².